The van der Waals surface area contributed by atoms with Gasteiger partial charge in [-0.05, 0) is 65.7 Å². The lowest BCUT2D eigenvalue weighted by molar-refractivity contribution is -0.174. The number of aliphatic hydroxyl groups is 1. The molecule has 1 N–H and O–H groups in total. The van der Waals surface area contributed by atoms with Crippen molar-refractivity contribution in [3.05, 3.63) is 0 Å². The van der Waals surface area contributed by atoms with Crippen LogP contribution in [-0.4, -0.2) is 22.8 Å². The molecule has 0 radical (unpaired) electrons. The van der Waals surface area contributed by atoms with Gasteiger partial charge in [0.1, 0.15) is 5.60 Å². The van der Waals surface area contributed by atoms with Crippen molar-refractivity contribution in [3.63, 3.8) is 0 Å². The lowest BCUT2D eigenvalue weighted by Crippen LogP contribution is -2.42. The van der Waals surface area contributed by atoms with Crippen LogP contribution in [0.4, 0.5) is 0 Å². The third kappa shape index (κ3) is 3.71. The van der Waals surface area contributed by atoms with E-state index in [0.29, 0.717) is 5.92 Å². The Balaban J connectivity index is 2.61. The van der Waals surface area contributed by atoms with Crippen molar-refractivity contribution >= 4 is 5.97 Å². The van der Waals surface area contributed by atoms with E-state index in [0.717, 1.165) is 32.1 Å². The van der Waals surface area contributed by atoms with Gasteiger partial charge in [0, 0.05) is 0 Å². The fourth-order valence-corrected chi connectivity index (χ4v) is 2.38. The Labute approximate surface area is 111 Å². The molecule has 0 spiro atoms. The van der Waals surface area contributed by atoms with Crippen molar-refractivity contribution in [3.8, 4) is 0 Å². The van der Waals surface area contributed by atoms with E-state index in [1.54, 1.807) is 0 Å². The Morgan fingerprint density at radius 2 is 1.67 bits per heavy atom. The van der Waals surface area contributed by atoms with Crippen LogP contribution in [0.5, 0.6) is 0 Å². The summed E-state index contributed by atoms with van der Waals surface area (Å²) in [5, 5.41) is 9.53. The van der Waals surface area contributed by atoms with E-state index >= 15 is 0 Å². The van der Waals surface area contributed by atoms with E-state index in [4.69, 9.17) is 4.74 Å². The van der Waals surface area contributed by atoms with Gasteiger partial charge in [0.2, 0.25) is 0 Å². The van der Waals surface area contributed by atoms with E-state index in [2.05, 4.69) is 0 Å². The summed E-state index contributed by atoms with van der Waals surface area (Å²) >= 11 is 0. The third-order valence-corrected chi connectivity index (χ3v) is 4.47. The van der Waals surface area contributed by atoms with Gasteiger partial charge >= 0.3 is 5.97 Å². The Bertz CT molecular complexity index is 286. The molecule has 0 heterocycles. The van der Waals surface area contributed by atoms with Crippen LogP contribution in [-0.2, 0) is 9.53 Å². The fraction of sp³-hybridized carbons (Fsp3) is 0.933. The molecule has 106 valence electrons. The molecule has 0 unspecified atom stereocenters. The minimum atomic E-state index is -0.427. The molecule has 3 heteroatoms. The van der Waals surface area contributed by atoms with Gasteiger partial charge in [-0.2, -0.15) is 0 Å². The number of ether oxygens (including phenoxy) is 1. The predicted molar refractivity (Wildman–Crippen MR) is 72.2 cm³/mol. The Hall–Kier alpha value is -0.570. The number of rotatable bonds is 4. The molecule has 0 amide bonds. The molecule has 0 atom stereocenters. The van der Waals surface area contributed by atoms with Crippen molar-refractivity contribution in [1.29, 1.82) is 0 Å². The van der Waals surface area contributed by atoms with Crippen LogP contribution in [0.1, 0.15) is 66.7 Å². The van der Waals surface area contributed by atoms with Crippen LogP contribution >= 0.6 is 0 Å². The molecule has 0 aromatic rings. The second-order valence-electron chi connectivity index (χ2n) is 6.74. The summed E-state index contributed by atoms with van der Waals surface area (Å²) in [5.41, 5.74) is -0.838. The first-order chi connectivity index (χ1) is 8.19. The fourth-order valence-electron chi connectivity index (χ4n) is 2.38. The first-order valence-corrected chi connectivity index (χ1v) is 7.10. The number of hydrogen-bond acceptors (Lipinski definition) is 3. The molecular weight excluding hydrogens is 228 g/mol. The van der Waals surface area contributed by atoms with Crippen molar-refractivity contribution in [1.82, 2.24) is 0 Å². The largest absolute Gasteiger partial charge is 0.459 e. The van der Waals surface area contributed by atoms with Crippen molar-refractivity contribution in [2.75, 3.05) is 0 Å². The van der Waals surface area contributed by atoms with E-state index in [1.807, 2.05) is 34.6 Å². The van der Waals surface area contributed by atoms with Crippen molar-refractivity contribution < 1.29 is 14.6 Å². The minimum absolute atomic E-state index is 0.110. The highest BCUT2D eigenvalue weighted by Crippen LogP contribution is 2.36. The highest BCUT2D eigenvalue weighted by atomic mass is 16.6. The van der Waals surface area contributed by atoms with Gasteiger partial charge in [-0.1, -0.05) is 6.92 Å². The summed E-state index contributed by atoms with van der Waals surface area (Å²) < 4.78 is 5.75. The SMILES string of the molecule is CCC(C)(C)C(=O)OC(C)(C)C1CCC(O)CC1. The van der Waals surface area contributed by atoms with Crippen LogP contribution < -0.4 is 0 Å². The average Bonchev–Trinajstić information content (AvgIpc) is 2.29. The lowest BCUT2D eigenvalue weighted by atomic mass is 9.77. The minimum Gasteiger partial charge on any atom is -0.459 e. The maximum absolute atomic E-state index is 12.1. The Morgan fingerprint density at radius 1 is 1.17 bits per heavy atom. The van der Waals surface area contributed by atoms with Crippen molar-refractivity contribution in [2.45, 2.75) is 78.4 Å². The third-order valence-electron chi connectivity index (χ3n) is 4.47. The van der Waals surface area contributed by atoms with Crippen LogP contribution in [0.3, 0.4) is 0 Å². The maximum atomic E-state index is 12.1. The zero-order valence-corrected chi connectivity index (χ0v) is 12.5. The smallest absolute Gasteiger partial charge is 0.312 e. The number of hydrogen-bond donors (Lipinski definition) is 1. The summed E-state index contributed by atoms with van der Waals surface area (Å²) in [7, 11) is 0. The molecule has 1 aliphatic rings. The van der Waals surface area contributed by atoms with Gasteiger partial charge in [0.05, 0.1) is 11.5 Å². The van der Waals surface area contributed by atoms with Crippen LogP contribution in [0, 0.1) is 11.3 Å². The van der Waals surface area contributed by atoms with E-state index in [1.165, 1.54) is 0 Å². The van der Waals surface area contributed by atoms with E-state index in [-0.39, 0.29) is 12.1 Å². The van der Waals surface area contributed by atoms with Gasteiger partial charge < -0.3 is 9.84 Å². The maximum Gasteiger partial charge on any atom is 0.312 e. The molecule has 3 nitrogen and oxygen atoms in total. The molecule has 1 saturated carbocycles. The standard InChI is InChI=1S/C15H28O3/c1-6-14(2,3)13(17)18-15(4,5)11-7-9-12(16)10-8-11/h11-12,16H,6-10H2,1-5H3. The summed E-state index contributed by atoms with van der Waals surface area (Å²) in [5.74, 6) is 0.249. The number of esters is 1. The Kier molecular flexibility index (Phi) is 4.82. The van der Waals surface area contributed by atoms with Crippen molar-refractivity contribution in [2.24, 2.45) is 11.3 Å². The molecule has 0 bridgehead atoms. The highest BCUT2D eigenvalue weighted by molar-refractivity contribution is 5.76. The summed E-state index contributed by atoms with van der Waals surface area (Å²) in [4.78, 5) is 12.1. The highest BCUT2D eigenvalue weighted by Gasteiger charge is 2.39. The first kappa shape index (κ1) is 15.5. The average molecular weight is 256 g/mol. The van der Waals surface area contributed by atoms with Crippen LogP contribution in [0.15, 0.2) is 0 Å². The summed E-state index contributed by atoms with van der Waals surface area (Å²) in [6, 6.07) is 0. The van der Waals surface area contributed by atoms with Gasteiger partial charge in [-0.3, -0.25) is 4.79 Å². The second-order valence-corrected chi connectivity index (χ2v) is 6.74. The zero-order chi connectivity index (χ0) is 14.0. The van der Waals surface area contributed by atoms with Gasteiger partial charge in [-0.25, -0.2) is 0 Å². The van der Waals surface area contributed by atoms with Gasteiger partial charge in [0.25, 0.3) is 0 Å². The molecule has 0 aliphatic heterocycles. The number of carbonyl (C=O) groups is 1. The second kappa shape index (κ2) is 5.60. The molecule has 1 aliphatic carbocycles. The van der Waals surface area contributed by atoms with Crippen LogP contribution in [0.2, 0.25) is 0 Å². The molecule has 0 aromatic heterocycles. The first-order valence-electron chi connectivity index (χ1n) is 7.10. The van der Waals surface area contributed by atoms with E-state index < -0.39 is 11.0 Å². The molecular formula is C15H28O3. The lowest BCUT2D eigenvalue weighted by Gasteiger charge is -2.39. The molecule has 1 fully saturated rings. The van der Waals surface area contributed by atoms with Gasteiger partial charge in [0.15, 0.2) is 0 Å². The molecule has 18 heavy (non-hydrogen) atoms. The summed E-state index contributed by atoms with van der Waals surface area (Å²) in [6.07, 6.45) is 4.14. The monoisotopic (exact) mass is 256 g/mol. The quantitative estimate of drug-likeness (QED) is 0.785. The predicted octanol–water partition coefficient (Wildman–Crippen LogP) is 3.30. The molecule has 1 rings (SSSR count). The topological polar surface area (TPSA) is 46.5 Å². The normalized spacial score (nSPS) is 25.9. The Morgan fingerprint density at radius 3 is 2.11 bits per heavy atom. The summed E-state index contributed by atoms with van der Waals surface area (Å²) in [6.45, 7) is 9.86. The number of aliphatic hydroxyl groups excluding tert-OH is 1. The van der Waals surface area contributed by atoms with E-state index in [9.17, 15) is 9.90 Å². The van der Waals surface area contributed by atoms with Crippen LogP contribution in [0.25, 0.3) is 0 Å². The molecule has 0 saturated heterocycles. The molecule has 0 aromatic carbocycles. The number of carbonyl (C=O) groups excluding carboxylic acids is 1. The van der Waals surface area contributed by atoms with Gasteiger partial charge in [-0.15, -0.1) is 0 Å². The zero-order valence-electron chi connectivity index (χ0n) is 12.5.